The normalized spacial score (nSPS) is 9.20. The first-order valence-electron chi connectivity index (χ1n) is 3.85. The Bertz CT molecular complexity index is 121. The molecule has 0 unspecified atom stereocenters. The minimum atomic E-state index is 0.729. The molecule has 10 heavy (non-hydrogen) atoms. The lowest BCUT2D eigenvalue weighted by Gasteiger charge is -1.96. The van der Waals surface area contributed by atoms with Crippen LogP contribution < -0.4 is 0 Å². The molecule has 0 aromatic heterocycles. The molecule has 0 rings (SSSR count). The van der Waals surface area contributed by atoms with Crippen LogP contribution in [0.25, 0.3) is 0 Å². The largest absolute Gasteiger partial charge is 0.226 e. The molecule has 0 aromatic carbocycles. The van der Waals surface area contributed by atoms with Crippen LogP contribution >= 0.6 is 0 Å². The maximum absolute atomic E-state index is 3.98. The molecule has 0 fully saturated rings. The summed E-state index contributed by atoms with van der Waals surface area (Å²) in [5.74, 6) is 0.729. The van der Waals surface area contributed by atoms with Crippen LogP contribution in [-0.4, -0.2) is 19.1 Å². The van der Waals surface area contributed by atoms with Crippen molar-refractivity contribution in [2.24, 2.45) is 15.9 Å². The van der Waals surface area contributed by atoms with E-state index in [4.69, 9.17) is 0 Å². The molecule has 0 atom stereocenters. The molecule has 0 aromatic rings. The summed E-state index contributed by atoms with van der Waals surface area (Å²) < 4.78 is 0. The molecule has 0 heterocycles. The summed E-state index contributed by atoms with van der Waals surface area (Å²) in [7, 11) is 0. The minimum absolute atomic E-state index is 0.729. The number of hydrogen-bond donors (Lipinski definition) is 0. The van der Waals surface area contributed by atoms with Gasteiger partial charge in [-0.15, -0.1) is 0 Å². The molecule has 0 aliphatic rings. The smallest absolute Gasteiger partial charge is 0.0892 e. The third-order valence-corrected chi connectivity index (χ3v) is 1.12. The summed E-state index contributed by atoms with van der Waals surface area (Å²) in [6.07, 6.45) is 1.13. The quantitative estimate of drug-likeness (QED) is 0.535. The van der Waals surface area contributed by atoms with Crippen molar-refractivity contribution in [2.45, 2.75) is 27.2 Å². The molecule has 0 radical (unpaired) electrons. The molecule has 58 valence electrons. The third-order valence-electron chi connectivity index (χ3n) is 1.12. The van der Waals surface area contributed by atoms with Crippen molar-refractivity contribution in [1.29, 1.82) is 0 Å². The number of nitrogens with zero attached hydrogens (tertiary/aromatic N) is 2. The first kappa shape index (κ1) is 9.38. The highest BCUT2D eigenvalue weighted by Gasteiger charge is 1.88. The van der Waals surface area contributed by atoms with Crippen LogP contribution in [0, 0.1) is 5.92 Å². The van der Waals surface area contributed by atoms with Gasteiger partial charge in [-0.3, -0.25) is 0 Å². The Morgan fingerprint density at radius 2 is 2.00 bits per heavy atom. The van der Waals surface area contributed by atoms with Crippen LogP contribution in [0.5, 0.6) is 0 Å². The van der Waals surface area contributed by atoms with Crippen LogP contribution in [-0.2, 0) is 0 Å². The zero-order valence-electron chi connectivity index (χ0n) is 7.09. The predicted molar refractivity (Wildman–Crippen MR) is 44.7 cm³/mol. The molecule has 0 amide bonds. The molecular weight excluding hydrogens is 124 g/mol. The Labute approximate surface area is 63.1 Å². The molecular formula is C8H16N2. The van der Waals surface area contributed by atoms with E-state index in [1.165, 1.54) is 0 Å². The van der Waals surface area contributed by atoms with Crippen molar-refractivity contribution < 1.29 is 0 Å². The van der Waals surface area contributed by atoms with Gasteiger partial charge in [-0.2, -0.15) is 0 Å². The second kappa shape index (κ2) is 6.50. The van der Waals surface area contributed by atoms with Crippen LogP contribution in [0.2, 0.25) is 0 Å². The average molecular weight is 140 g/mol. The van der Waals surface area contributed by atoms with Crippen molar-refractivity contribution in [3.8, 4) is 0 Å². The van der Waals surface area contributed by atoms with E-state index in [1.54, 1.807) is 0 Å². The number of aliphatic imine (C=N–C) groups is 2. The molecule has 2 nitrogen and oxygen atoms in total. The third kappa shape index (κ3) is 7.38. The summed E-state index contributed by atoms with van der Waals surface area (Å²) in [6.45, 7) is 8.00. The highest BCUT2D eigenvalue weighted by Crippen LogP contribution is 1.97. The Balaban J connectivity index is 3.26. The molecule has 0 aliphatic carbocycles. The van der Waals surface area contributed by atoms with Gasteiger partial charge in [0.1, 0.15) is 0 Å². The topological polar surface area (TPSA) is 24.7 Å². The van der Waals surface area contributed by atoms with Gasteiger partial charge in [-0.1, -0.05) is 13.8 Å². The fourth-order valence-electron chi connectivity index (χ4n) is 0.493. The van der Waals surface area contributed by atoms with Gasteiger partial charge >= 0.3 is 0 Å². The van der Waals surface area contributed by atoms with E-state index in [1.807, 2.05) is 6.92 Å². The van der Waals surface area contributed by atoms with Crippen molar-refractivity contribution >= 4 is 6.01 Å². The van der Waals surface area contributed by atoms with Crippen molar-refractivity contribution in [2.75, 3.05) is 13.1 Å². The Kier molecular flexibility index (Phi) is 6.10. The van der Waals surface area contributed by atoms with Gasteiger partial charge in [0.25, 0.3) is 0 Å². The highest BCUT2D eigenvalue weighted by molar-refractivity contribution is 5.40. The summed E-state index contributed by atoms with van der Waals surface area (Å²) in [5.41, 5.74) is 0. The number of rotatable bonds is 4. The lowest BCUT2D eigenvalue weighted by atomic mass is 10.1. The second-order valence-electron chi connectivity index (χ2n) is 2.64. The Morgan fingerprint density at radius 3 is 2.50 bits per heavy atom. The van der Waals surface area contributed by atoms with Crippen molar-refractivity contribution in [3.63, 3.8) is 0 Å². The van der Waals surface area contributed by atoms with Crippen molar-refractivity contribution in [3.05, 3.63) is 0 Å². The summed E-state index contributed by atoms with van der Waals surface area (Å²) in [6, 6.07) is 2.64. The molecule has 0 N–H and O–H groups in total. The monoisotopic (exact) mass is 140 g/mol. The zero-order chi connectivity index (χ0) is 7.82. The summed E-state index contributed by atoms with van der Waals surface area (Å²) in [5, 5.41) is 0. The van der Waals surface area contributed by atoms with Crippen LogP contribution in [0.4, 0.5) is 0 Å². The SMILES string of the molecule is CCN=C=NCCC(C)C. The van der Waals surface area contributed by atoms with E-state index < -0.39 is 0 Å². The van der Waals surface area contributed by atoms with Crippen LogP contribution in [0.15, 0.2) is 9.98 Å². The van der Waals surface area contributed by atoms with E-state index in [0.717, 1.165) is 25.4 Å². The standard InChI is InChI=1S/C8H16N2/c1-4-9-7-10-6-5-8(2)3/h8H,4-6H2,1-3H3. The zero-order valence-corrected chi connectivity index (χ0v) is 7.09. The van der Waals surface area contributed by atoms with Crippen LogP contribution in [0.3, 0.4) is 0 Å². The average Bonchev–Trinajstić information content (AvgIpc) is 1.87. The summed E-state index contributed by atoms with van der Waals surface area (Å²) >= 11 is 0. The van der Waals surface area contributed by atoms with E-state index in [9.17, 15) is 0 Å². The summed E-state index contributed by atoms with van der Waals surface area (Å²) in [4.78, 5) is 7.84. The van der Waals surface area contributed by atoms with Gasteiger partial charge in [-0.05, 0) is 19.3 Å². The maximum atomic E-state index is 3.98. The van der Waals surface area contributed by atoms with Gasteiger partial charge in [0, 0.05) is 6.54 Å². The van der Waals surface area contributed by atoms with Gasteiger partial charge in [-0.25, -0.2) is 9.98 Å². The first-order valence-corrected chi connectivity index (χ1v) is 3.85. The van der Waals surface area contributed by atoms with Crippen LogP contribution in [0.1, 0.15) is 27.2 Å². The molecule has 0 bridgehead atoms. The van der Waals surface area contributed by atoms with E-state index in [-0.39, 0.29) is 0 Å². The Hall–Kier alpha value is -0.620. The van der Waals surface area contributed by atoms with E-state index in [0.29, 0.717) is 0 Å². The van der Waals surface area contributed by atoms with E-state index in [2.05, 4.69) is 29.8 Å². The van der Waals surface area contributed by atoms with Crippen molar-refractivity contribution in [1.82, 2.24) is 0 Å². The molecule has 0 aliphatic heterocycles. The van der Waals surface area contributed by atoms with Gasteiger partial charge in [0.15, 0.2) is 0 Å². The fourth-order valence-corrected chi connectivity index (χ4v) is 0.493. The highest BCUT2D eigenvalue weighted by atomic mass is 14.8. The molecule has 2 heteroatoms. The lowest BCUT2D eigenvalue weighted by Crippen LogP contribution is -1.89. The predicted octanol–water partition coefficient (Wildman–Crippen LogP) is 2.23. The second-order valence-corrected chi connectivity index (χ2v) is 2.64. The van der Waals surface area contributed by atoms with Gasteiger partial charge in [0.2, 0.25) is 0 Å². The Morgan fingerprint density at radius 1 is 1.30 bits per heavy atom. The maximum Gasteiger partial charge on any atom is 0.0892 e. The van der Waals surface area contributed by atoms with Gasteiger partial charge in [0.05, 0.1) is 12.6 Å². The van der Waals surface area contributed by atoms with Gasteiger partial charge < -0.3 is 0 Å². The lowest BCUT2D eigenvalue weighted by molar-refractivity contribution is 0.598. The van der Waals surface area contributed by atoms with E-state index >= 15 is 0 Å². The fraction of sp³-hybridized carbons (Fsp3) is 0.875. The number of hydrogen-bond acceptors (Lipinski definition) is 2. The molecule has 0 spiro atoms. The molecule has 0 saturated carbocycles. The first-order chi connectivity index (χ1) is 4.77. The minimum Gasteiger partial charge on any atom is -0.226 e. The molecule has 0 saturated heterocycles.